The second-order valence-corrected chi connectivity index (χ2v) is 3.37. The summed E-state index contributed by atoms with van der Waals surface area (Å²) in [5.74, 6) is 0.693. The van der Waals surface area contributed by atoms with Gasteiger partial charge in [0.05, 0.1) is 0 Å². The fraction of sp³-hybridized carbons (Fsp3) is 0.455. The minimum absolute atomic E-state index is 0.693. The van der Waals surface area contributed by atoms with Crippen LogP contribution in [0.25, 0.3) is 0 Å². The van der Waals surface area contributed by atoms with Gasteiger partial charge in [0.25, 0.3) is 0 Å². The van der Waals surface area contributed by atoms with Crippen LogP contribution >= 0.6 is 0 Å². The number of hydrogen-bond acceptors (Lipinski definition) is 0. The Labute approximate surface area is 70.3 Å². The van der Waals surface area contributed by atoms with Crippen molar-refractivity contribution >= 4 is 0 Å². The molecule has 0 spiro atoms. The zero-order valence-corrected chi connectivity index (χ0v) is 7.85. The monoisotopic (exact) mass is 150 g/mol. The summed E-state index contributed by atoms with van der Waals surface area (Å²) in [6, 6.07) is 0. The molecule has 0 aliphatic carbocycles. The molecule has 0 saturated heterocycles. The smallest absolute Gasteiger partial charge is 0.0256 e. The van der Waals surface area contributed by atoms with E-state index in [1.807, 2.05) is 13.0 Å². The fourth-order valence-electron chi connectivity index (χ4n) is 0.989. The summed E-state index contributed by atoms with van der Waals surface area (Å²) in [6.07, 6.45) is 5.10. The van der Waals surface area contributed by atoms with E-state index in [2.05, 4.69) is 33.1 Å². The lowest BCUT2D eigenvalue weighted by molar-refractivity contribution is 0.650. The quantitative estimate of drug-likeness (QED) is 0.536. The van der Waals surface area contributed by atoms with Gasteiger partial charge in [-0.05, 0) is 24.8 Å². The van der Waals surface area contributed by atoms with E-state index >= 15 is 0 Å². The van der Waals surface area contributed by atoms with E-state index in [1.165, 1.54) is 5.57 Å². The highest BCUT2D eigenvalue weighted by atomic mass is 14.0. The Balaban J connectivity index is 4.16. The molecule has 0 bridgehead atoms. The van der Waals surface area contributed by atoms with Crippen molar-refractivity contribution in [3.05, 3.63) is 36.5 Å². The second-order valence-electron chi connectivity index (χ2n) is 3.37. The molecule has 0 N–H and O–H groups in total. The minimum atomic E-state index is 0.693. The van der Waals surface area contributed by atoms with Crippen LogP contribution in [0.4, 0.5) is 0 Å². The molecule has 0 aliphatic rings. The molecule has 0 aliphatic heterocycles. The molecule has 0 saturated carbocycles. The average molecular weight is 150 g/mol. The third-order valence-electron chi connectivity index (χ3n) is 1.34. The van der Waals surface area contributed by atoms with Gasteiger partial charge in [0.2, 0.25) is 0 Å². The molecule has 0 aromatic rings. The first-order chi connectivity index (χ1) is 5.06. The minimum Gasteiger partial charge on any atom is -0.0988 e. The first kappa shape index (κ1) is 10.2. The van der Waals surface area contributed by atoms with Crippen molar-refractivity contribution in [3.63, 3.8) is 0 Å². The van der Waals surface area contributed by atoms with E-state index in [0.29, 0.717) is 5.92 Å². The van der Waals surface area contributed by atoms with Crippen molar-refractivity contribution in [2.45, 2.75) is 27.2 Å². The molecule has 0 amide bonds. The molecular formula is C11H18. The maximum atomic E-state index is 3.83. The molecule has 0 atom stereocenters. The Kier molecular flexibility index (Phi) is 4.60. The van der Waals surface area contributed by atoms with Gasteiger partial charge in [0.15, 0.2) is 0 Å². The molecule has 11 heavy (non-hydrogen) atoms. The lowest BCUT2D eigenvalue weighted by Crippen LogP contribution is -1.88. The Bertz CT molecular complexity index is 170. The van der Waals surface area contributed by atoms with E-state index in [4.69, 9.17) is 0 Å². The highest BCUT2D eigenvalue weighted by Crippen LogP contribution is 2.12. The molecule has 0 nitrogen and oxygen atoms in total. The normalized spacial score (nSPS) is 11.8. The Morgan fingerprint density at radius 3 is 2.27 bits per heavy atom. The van der Waals surface area contributed by atoms with Gasteiger partial charge >= 0.3 is 0 Å². The highest BCUT2D eigenvalue weighted by molar-refractivity contribution is 5.26. The Morgan fingerprint density at radius 1 is 1.45 bits per heavy atom. The lowest BCUT2D eigenvalue weighted by Gasteiger charge is -2.04. The van der Waals surface area contributed by atoms with Gasteiger partial charge in [0, 0.05) is 0 Å². The Hall–Kier alpha value is -0.780. The average Bonchev–Trinajstić information content (AvgIpc) is 1.84. The van der Waals surface area contributed by atoms with Crippen LogP contribution in [0.2, 0.25) is 0 Å². The topological polar surface area (TPSA) is 0 Å². The number of rotatable bonds is 4. The van der Waals surface area contributed by atoms with Crippen LogP contribution in [-0.2, 0) is 0 Å². The molecule has 0 unspecified atom stereocenters. The maximum Gasteiger partial charge on any atom is -0.0256 e. The van der Waals surface area contributed by atoms with E-state index < -0.39 is 0 Å². The van der Waals surface area contributed by atoms with Crippen LogP contribution in [0.1, 0.15) is 27.2 Å². The fourth-order valence-corrected chi connectivity index (χ4v) is 0.989. The van der Waals surface area contributed by atoms with Gasteiger partial charge in [-0.2, -0.15) is 0 Å². The zero-order chi connectivity index (χ0) is 8.85. The van der Waals surface area contributed by atoms with Crippen molar-refractivity contribution in [2.24, 2.45) is 5.92 Å². The summed E-state index contributed by atoms with van der Waals surface area (Å²) in [5, 5.41) is 0. The molecule has 0 heterocycles. The van der Waals surface area contributed by atoms with Crippen LogP contribution in [0.15, 0.2) is 36.5 Å². The van der Waals surface area contributed by atoms with Crippen LogP contribution < -0.4 is 0 Å². The third kappa shape index (κ3) is 5.65. The predicted molar refractivity (Wildman–Crippen MR) is 52.5 cm³/mol. The van der Waals surface area contributed by atoms with Crippen molar-refractivity contribution in [3.8, 4) is 0 Å². The summed E-state index contributed by atoms with van der Waals surface area (Å²) in [5.41, 5.74) is 2.38. The van der Waals surface area contributed by atoms with Crippen molar-refractivity contribution < 1.29 is 0 Å². The first-order valence-electron chi connectivity index (χ1n) is 4.04. The molecule has 62 valence electrons. The van der Waals surface area contributed by atoms with E-state index in [0.717, 1.165) is 12.0 Å². The van der Waals surface area contributed by atoms with Gasteiger partial charge in [-0.1, -0.05) is 44.7 Å². The van der Waals surface area contributed by atoms with Crippen LogP contribution in [0, 0.1) is 5.92 Å². The van der Waals surface area contributed by atoms with Crippen LogP contribution in [-0.4, -0.2) is 0 Å². The number of allylic oxidation sites excluding steroid dienone is 4. The van der Waals surface area contributed by atoms with Gasteiger partial charge < -0.3 is 0 Å². The second kappa shape index (κ2) is 4.95. The van der Waals surface area contributed by atoms with Crippen molar-refractivity contribution in [1.29, 1.82) is 0 Å². The van der Waals surface area contributed by atoms with E-state index in [-0.39, 0.29) is 0 Å². The summed E-state index contributed by atoms with van der Waals surface area (Å²) >= 11 is 0. The molecule has 0 heteroatoms. The first-order valence-corrected chi connectivity index (χ1v) is 4.04. The van der Waals surface area contributed by atoms with E-state index in [9.17, 15) is 0 Å². The molecule has 0 fully saturated rings. The summed E-state index contributed by atoms with van der Waals surface area (Å²) in [4.78, 5) is 0. The maximum absolute atomic E-state index is 3.83. The third-order valence-corrected chi connectivity index (χ3v) is 1.34. The lowest BCUT2D eigenvalue weighted by atomic mass is 10.0. The summed E-state index contributed by atoms with van der Waals surface area (Å²) < 4.78 is 0. The van der Waals surface area contributed by atoms with Gasteiger partial charge in [-0.3, -0.25) is 0 Å². The van der Waals surface area contributed by atoms with Gasteiger partial charge in [-0.25, -0.2) is 0 Å². The van der Waals surface area contributed by atoms with Crippen molar-refractivity contribution in [2.75, 3.05) is 0 Å². The van der Waals surface area contributed by atoms with Crippen LogP contribution in [0.3, 0.4) is 0 Å². The summed E-state index contributed by atoms with van der Waals surface area (Å²) in [7, 11) is 0. The van der Waals surface area contributed by atoms with Crippen molar-refractivity contribution in [1.82, 2.24) is 0 Å². The SMILES string of the molecule is C=C/C(=C\C(=C)C)CC(C)C. The molecule has 0 aromatic heterocycles. The number of hydrogen-bond donors (Lipinski definition) is 0. The molecule has 0 aromatic carbocycles. The molecule has 0 radical (unpaired) electrons. The largest absolute Gasteiger partial charge is 0.0988 e. The molecular weight excluding hydrogens is 132 g/mol. The molecule has 0 rings (SSSR count). The Morgan fingerprint density at radius 2 is 2.00 bits per heavy atom. The van der Waals surface area contributed by atoms with Gasteiger partial charge in [0.1, 0.15) is 0 Å². The predicted octanol–water partition coefficient (Wildman–Crippen LogP) is 3.72. The van der Waals surface area contributed by atoms with E-state index in [1.54, 1.807) is 0 Å². The standard InChI is InChI=1S/C11H18/c1-6-11(7-9(2)3)8-10(4)5/h6-7,10H,1-2,8H2,3-5H3/b11-7+. The summed E-state index contributed by atoms with van der Waals surface area (Å²) in [6.45, 7) is 14.0. The van der Waals surface area contributed by atoms with Crippen LogP contribution in [0.5, 0.6) is 0 Å². The van der Waals surface area contributed by atoms with Gasteiger partial charge in [-0.15, -0.1) is 0 Å². The zero-order valence-electron chi connectivity index (χ0n) is 7.85. The highest BCUT2D eigenvalue weighted by Gasteiger charge is 1.96.